The Morgan fingerprint density at radius 1 is 0.721 bits per heavy atom. The zero-order chi connectivity index (χ0) is 29.9. The van der Waals surface area contributed by atoms with Crippen LogP contribution in [0.5, 0.6) is 11.5 Å². The Morgan fingerprint density at radius 3 is 2.00 bits per heavy atom. The SMILES string of the molecule is CCC(c1ccccc1)c1c(O)c2ccccc2oc1=O.O=c1oc2ccccc2c(O)c1C1CCCc2ccccc21. The Bertz CT molecular complexity index is 2020. The Kier molecular flexibility index (Phi) is 7.84. The fraction of sp³-hybridized carbons (Fsp3) is 0.189. The second-order valence-corrected chi connectivity index (χ2v) is 10.8. The largest absolute Gasteiger partial charge is 0.507 e. The lowest BCUT2D eigenvalue weighted by molar-refractivity contribution is 0.444. The third kappa shape index (κ3) is 5.32. The zero-order valence-electron chi connectivity index (χ0n) is 23.8. The van der Waals surface area contributed by atoms with Crippen LogP contribution in [0.2, 0.25) is 0 Å². The minimum atomic E-state index is -0.470. The normalized spacial score (nSPS) is 15.0. The third-order valence-corrected chi connectivity index (χ3v) is 8.32. The van der Waals surface area contributed by atoms with Crippen LogP contribution in [0.15, 0.2) is 122 Å². The highest BCUT2D eigenvalue weighted by Crippen LogP contribution is 2.41. The minimum Gasteiger partial charge on any atom is -0.507 e. The quantitative estimate of drug-likeness (QED) is 0.208. The maximum Gasteiger partial charge on any atom is 0.343 e. The van der Waals surface area contributed by atoms with E-state index in [0.717, 1.165) is 30.4 Å². The molecule has 43 heavy (non-hydrogen) atoms. The van der Waals surface area contributed by atoms with Gasteiger partial charge in [0.25, 0.3) is 0 Å². The van der Waals surface area contributed by atoms with Crippen molar-refractivity contribution in [2.45, 2.75) is 44.4 Å². The number of hydrogen-bond donors (Lipinski definition) is 2. The summed E-state index contributed by atoms with van der Waals surface area (Å²) in [5.74, 6) is -0.177. The first-order valence-corrected chi connectivity index (χ1v) is 14.6. The van der Waals surface area contributed by atoms with Crippen molar-refractivity contribution >= 4 is 21.9 Å². The molecule has 216 valence electrons. The molecular weight excluding hydrogens is 540 g/mol. The average Bonchev–Trinajstić information content (AvgIpc) is 3.04. The molecule has 2 heterocycles. The summed E-state index contributed by atoms with van der Waals surface area (Å²) in [5.41, 5.74) is 4.05. The molecule has 0 saturated heterocycles. The lowest BCUT2D eigenvalue weighted by Gasteiger charge is -2.25. The molecule has 2 unspecified atom stereocenters. The van der Waals surface area contributed by atoms with E-state index in [2.05, 4.69) is 6.07 Å². The topological polar surface area (TPSA) is 101 Å². The van der Waals surface area contributed by atoms with Gasteiger partial charge < -0.3 is 19.0 Å². The van der Waals surface area contributed by atoms with Crippen molar-refractivity contribution in [3.63, 3.8) is 0 Å². The van der Waals surface area contributed by atoms with Gasteiger partial charge in [0, 0.05) is 11.8 Å². The molecule has 6 heteroatoms. The van der Waals surface area contributed by atoms with Gasteiger partial charge in [0.2, 0.25) is 0 Å². The number of para-hydroxylation sites is 2. The van der Waals surface area contributed by atoms with Crippen LogP contribution in [0, 0.1) is 0 Å². The molecule has 1 aliphatic rings. The number of aromatic hydroxyl groups is 2. The van der Waals surface area contributed by atoms with Gasteiger partial charge in [-0.2, -0.15) is 0 Å². The monoisotopic (exact) mass is 572 g/mol. The van der Waals surface area contributed by atoms with Crippen LogP contribution in [-0.4, -0.2) is 10.2 Å². The van der Waals surface area contributed by atoms with Crippen molar-refractivity contribution in [3.8, 4) is 11.5 Å². The van der Waals surface area contributed by atoms with Gasteiger partial charge in [-0.3, -0.25) is 0 Å². The molecule has 2 N–H and O–H groups in total. The molecule has 0 spiro atoms. The van der Waals surface area contributed by atoms with E-state index in [0.29, 0.717) is 39.5 Å². The van der Waals surface area contributed by atoms with E-state index in [1.165, 1.54) is 5.56 Å². The fourth-order valence-corrected chi connectivity index (χ4v) is 6.26. The van der Waals surface area contributed by atoms with Gasteiger partial charge in [-0.25, -0.2) is 9.59 Å². The summed E-state index contributed by atoms with van der Waals surface area (Å²) in [6, 6.07) is 32.0. The van der Waals surface area contributed by atoms with Gasteiger partial charge in [-0.05, 0) is 66.6 Å². The summed E-state index contributed by atoms with van der Waals surface area (Å²) in [6.07, 6.45) is 3.59. The molecular formula is C37H32O6. The van der Waals surface area contributed by atoms with Crippen LogP contribution < -0.4 is 11.3 Å². The van der Waals surface area contributed by atoms with Gasteiger partial charge in [0.1, 0.15) is 22.7 Å². The van der Waals surface area contributed by atoms with Crippen LogP contribution in [0.25, 0.3) is 21.9 Å². The molecule has 0 radical (unpaired) electrons. The number of aryl methyl sites for hydroxylation is 1. The molecule has 6 nitrogen and oxygen atoms in total. The molecule has 0 saturated carbocycles. The van der Waals surface area contributed by atoms with E-state index >= 15 is 0 Å². The number of rotatable bonds is 4. The molecule has 0 amide bonds. The first-order valence-electron chi connectivity index (χ1n) is 14.6. The Morgan fingerprint density at radius 2 is 1.30 bits per heavy atom. The molecule has 2 aromatic heterocycles. The molecule has 0 aliphatic heterocycles. The maximum atomic E-state index is 12.4. The lowest BCUT2D eigenvalue weighted by Crippen LogP contribution is -2.18. The van der Waals surface area contributed by atoms with E-state index in [4.69, 9.17) is 8.83 Å². The lowest BCUT2D eigenvalue weighted by atomic mass is 9.79. The standard InChI is InChI=1S/C19H16O3.C18H16O3/c20-18-15-9-3-4-11-16(15)22-19(21)17(18)14-10-5-7-12-6-1-2-8-13(12)14;1-2-13(12-8-4-3-5-9-12)16-17(19)14-10-6-7-11-15(14)21-18(16)20/h1-4,6,8-9,11,14,20H,5,7,10H2;3-11,13,19H,2H2,1H3. The minimum absolute atomic E-state index is 0.0255. The molecule has 4 aromatic carbocycles. The Balaban J connectivity index is 0.000000153. The van der Waals surface area contributed by atoms with Crippen LogP contribution in [0.1, 0.15) is 65.8 Å². The summed E-state index contributed by atoms with van der Waals surface area (Å²) in [4.78, 5) is 24.7. The average molecular weight is 573 g/mol. The second kappa shape index (κ2) is 12.0. The highest BCUT2D eigenvalue weighted by Gasteiger charge is 2.28. The molecule has 1 aliphatic carbocycles. The van der Waals surface area contributed by atoms with E-state index < -0.39 is 11.3 Å². The van der Waals surface area contributed by atoms with Crippen molar-refractivity contribution in [2.24, 2.45) is 0 Å². The van der Waals surface area contributed by atoms with Gasteiger partial charge >= 0.3 is 11.3 Å². The van der Waals surface area contributed by atoms with Crippen molar-refractivity contribution < 1.29 is 19.0 Å². The van der Waals surface area contributed by atoms with Crippen molar-refractivity contribution in [1.29, 1.82) is 0 Å². The predicted octanol–water partition coefficient (Wildman–Crippen LogP) is 8.01. The molecule has 0 bridgehead atoms. The first kappa shape index (κ1) is 28.0. The van der Waals surface area contributed by atoms with Gasteiger partial charge in [0.05, 0.1) is 21.9 Å². The zero-order valence-corrected chi connectivity index (χ0v) is 23.8. The van der Waals surface area contributed by atoms with E-state index in [9.17, 15) is 19.8 Å². The number of hydrogen-bond acceptors (Lipinski definition) is 6. The van der Waals surface area contributed by atoms with Gasteiger partial charge in [-0.15, -0.1) is 0 Å². The molecule has 7 rings (SSSR count). The van der Waals surface area contributed by atoms with Crippen molar-refractivity contribution in [3.05, 3.63) is 152 Å². The number of benzene rings is 4. The summed E-state index contributed by atoms with van der Waals surface area (Å²) in [5, 5.41) is 22.3. The van der Waals surface area contributed by atoms with E-state index in [1.54, 1.807) is 36.4 Å². The van der Waals surface area contributed by atoms with E-state index in [1.807, 2.05) is 67.6 Å². The first-order chi connectivity index (χ1) is 21.0. The van der Waals surface area contributed by atoms with Crippen LogP contribution >= 0.6 is 0 Å². The highest BCUT2D eigenvalue weighted by atomic mass is 16.4. The van der Waals surface area contributed by atoms with E-state index in [-0.39, 0.29) is 23.3 Å². The Hall–Kier alpha value is -5.10. The summed E-state index contributed by atoms with van der Waals surface area (Å²) >= 11 is 0. The molecule has 0 fully saturated rings. The predicted molar refractivity (Wildman–Crippen MR) is 168 cm³/mol. The maximum absolute atomic E-state index is 12.4. The third-order valence-electron chi connectivity index (χ3n) is 8.32. The second-order valence-electron chi connectivity index (χ2n) is 10.8. The summed E-state index contributed by atoms with van der Waals surface area (Å²) < 4.78 is 10.8. The highest BCUT2D eigenvalue weighted by molar-refractivity contribution is 5.85. The fourth-order valence-electron chi connectivity index (χ4n) is 6.26. The molecule has 2 atom stereocenters. The Labute approximate surface area is 248 Å². The molecule has 6 aromatic rings. The van der Waals surface area contributed by atoms with Crippen LogP contribution in [0.3, 0.4) is 0 Å². The number of fused-ring (bicyclic) bond motifs is 3. The van der Waals surface area contributed by atoms with Gasteiger partial charge in [0.15, 0.2) is 0 Å². The smallest absolute Gasteiger partial charge is 0.343 e. The van der Waals surface area contributed by atoms with Gasteiger partial charge in [-0.1, -0.05) is 85.8 Å². The van der Waals surface area contributed by atoms with Crippen LogP contribution in [0.4, 0.5) is 0 Å². The van der Waals surface area contributed by atoms with Crippen molar-refractivity contribution in [2.75, 3.05) is 0 Å². The summed E-state index contributed by atoms with van der Waals surface area (Å²) in [6.45, 7) is 1.99. The summed E-state index contributed by atoms with van der Waals surface area (Å²) in [7, 11) is 0. The van der Waals surface area contributed by atoms with Crippen LogP contribution in [-0.2, 0) is 6.42 Å². The van der Waals surface area contributed by atoms with Crippen molar-refractivity contribution in [1.82, 2.24) is 0 Å².